The van der Waals surface area contributed by atoms with Crippen LogP contribution in [0.1, 0.15) is 46.5 Å². The number of ether oxygens (including phenoxy) is 2. The number of rotatable bonds is 9. The van der Waals surface area contributed by atoms with Gasteiger partial charge in [0.1, 0.15) is 11.4 Å². The molecule has 5 heteroatoms. The minimum Gasteiger partial charge on any atom is -0.488 e. The Hall–Kier alpha value is -1.75. The van der Waals surface area contributed by atoms with E-state index in [1.807, 2.05) is 13.8 Å². The maximum atomic E-state index is 11.6. The molecule has 0 atom stereocenters. The fourth-order valence-electron chi connectivity index (χ4n) is 1.92. The Kier molecular flexibility index (Phi) is 7.74. The number of aliphatic hydroxyl groups is 1. The van der Waals surface area contributed by atoms with Crippen molar-refractivity contribution in [1.82, 2.24) is 0 Å². The van der Waals surface area contributed by atoms with E-state index in [0.29, 0.717) is 24.5 Å². The molecule has 0 aliphatic carbocycles. The first-order chi connectivity index (χ1) is 10.5. The lowest BCUT2D eigenvalue weighted by molar-refractivity contribution is 0.0765. The first kappa shape index (κ1) is 18.3. The third-order valence-electron chi connectivity index (χ3n) is 3.19. The van der Waals surface area contributed by atoms with Gasteiger partial charge in [-0.15, -0.1) is 0 Å². The van der Waals surface area contributed by atoms with E-state index in [9.17, 15) is 4.79 Å². The van der Waals surface area contributed by atoms with Crippen LogP contribution in [0, 0.1) is 0 Å². The molecule has 2 N–H and O–H groups in total. The molecule has 22 heavy (non-hydrogen) atoms. The Morgan fingerprint density at radius 1 is 1.23 bits per heavy atom. The molecule has 0 aliphatic heterocycles. The van der Waals surface area contributed by atoms with Crippen LogP contribution in [-0.2, 0) is 4.74 Å². The van der Waals surface area contributed by atoms with Crippen LogP contribution in [0.3, 0.4) is 0 Å². The second-order valence-electron chi connectivity index (χ2n) is 5.83. The van der Waals surface area contributed by atoms with Crippen molar-refractivity contribution in [2.24, 2.45) is 0 Å². The first-order valence-electron chi connectivity index (χ1n) is 7.80. The maximum absolute atomic E-state index is 11.6. The van der Waals surface area contributed by atoms with E-state index < -0.39 is 11.7 Å². The zero-order chi connectivity index (χ0) is 16.4. The Bertz CT molecular complexity index is 442. The summed E-state index contributed by atoms with van der Waals surface area (Å²) in [4.78, 5) is 11.6. The third kappa shape index (κ3) is 7.31. The van der Waals surface area contributed by atoms with Crippen molar-refractivity contribution < 1.29 is 19.4 Å². The van der Waals surface area contributed by atoms with Crippen molar-refractivity contribution in [3.63, 3.8) is 0 Å². The summed E-state index contributed by atoms with van der Waals surface area (Å²) >= 11 is 0. The molecule has 1 aromatic rings. The monoisotopic (exact) mass is 309 g/mol. The number of carbonyl (C=O) groups is 1. The number of benzene rings is 1. The van der Waals surface area contributed by atoms with Gasteiger partial charge in [-0.2, -0.15) is 0 Å². The van der Waals surface area contributed by atoms with Gasteiger partial charge in [-0.05, 0) is 44.5 Å². The van der Waals surface area contributed by atoms with Crippen LogP contribution < -0.4 is 10.1 Å². The topological polar surface area (TPSA) is 67.8 Å². The van der Waals surface area contributed by atoms with E-state index in [4.69, 9.17) is 14.6 Å². The number of carbonyl (C=O) groups excluding carboxylic acids is 1. The molecule has 0 saturated carbocycles. The quantitative estimate of drug-likeness (QED) is 0.677. The lowest BCUT2D eigenvalue weighted by atomic mass is 10.1. The molecule has 0 radical (unpaired) electrons. The predicted octanol–water partition coefficient (Wildman–Crippen LogP) is 3.97. The SMILES string of the molecule is CCCCCOC(=O)Nc1ccc(OC(C)(C)CCO)cc1. The highest BCUT2D eigenvalue weighted by Crippen LogP contribution is 2.22. The van der Waals surface area contributed by atoms with Gasteiger partial charge in [-0.1, -0.05) is 19.8 Å². The van der Waals surface area contributed by atoms with Gasteiger partial charge in [-0.3, -0.25) is 5.32 Å². The molecule has 0 spiro atoms. The third-order valence-corrected chi connectivity index (χ3v) is 3.19. The number of hydrogen-bond donors (Lipinski definition) is 2. The number of amides is 1. The second kappa shape index (κ2) is 9.30. The van der Waals surface area contributed by atoms with Gasteiger partial charge < -0.3 is 14.6 Å². The number of nitrogens with one attached hydrogen (secondary N) is 1. The van der Waals surface area contributed by atoms with Crippen molar-refractivity contribution >= 4 is 11.8 Å². The van der Waals surface area contributed by atoms with Gasteiger partial charge in [0.15, 0.2) is 0 Å². The average molecular weight is 309 g/mol. The molecule has 1 rings (SSSR count). The molecule has 0 fully saturated rings. The maximum Gasteiger partial charge on any atom is 0.411 e. The molecular formula is C17H27NO4. The Balaban J connectivity index is 2.43. The van der Waals surface area contributed by atoms with Crippen LogP contribution in [0.5, 0.6) is 5.75 Å². The summed E-state index contributed by atoms with van der Waals surface area (Å²) in [6, 6.07) is 7.09. The summed E-state index contributed by atoms with van der Waals surface area (Å²) in [5.41, 5.74) is 0.231. The summed E-state index contributed by atoms with van der Waals surface area (Å²) in [5, 5.41) is 11.7. The standard InChI is InChI=1S/C17H27NO4/c1-4-5-6-13-21-16(20)18-14-7-9-15(10-8-14)22-17(2,3)11-12-19/h7-10,19H,4-6,11-13H2,1-3H3,(H,18,20). The van der Waals surface area contributed by atoms with Crippen LogP contribution in [0.15, 0.2) is 24.3 Å². The van der Waals surface area contributed by atoms with Crippen molar-refractivity contribution in [2.75, 3.05) is 18.5 Å². The van der Waals surface area contributed by atoms with E-state index in [2.05, 4.69) is 12.2 Å². The molecule has 0 saturated heterocycles. The summed E-state index contributed by atoms with van der Waals surface area (Å²) < 4.78 is 10.9. The Morgan fingerprint density at radius 3 is 2.50 bits per heavy atom. The highest BCUT2D eigenvalue weighted by molar-refractivity contribution is 5.84. The molecule has 0 heterocycles. The molecule has 0 aromatic heterocycles. The van der Waals surface area contributed by atoms with E-state index in [1.54, 1.807) is 24.3 Å². The largest absolute Gasteiger partial charge is 0.488 e. The zero-order valence-electron chi connectivity index (χ0n) is 13.7. The average Bonchev–Trinajstić information content (AvgIpc) is 2.45. The summed E-state index contributed by atoms with van der Waals surface area (Å²) in [5.74, 6) is 0.695. The van der Waals surface area contributed by atoms with E-state index in [0.717, 1.165) is 19.3 Å². The Labute approximate surface area is 132 Å². The van der Waals surface area contributed by atoms with Crippen molar-refractivity contribution in [1.29, 1.82) is 0 Å². The highest BCUT2D eigenvalue weighted by atomic mass is 16.5. The van der Waals surface area contributed by atoms with Gasteiger partial charge in [-0.25, -0.2) is 4.79 Å². The normalized spacial score (nSPS) is 11.1. The highest BCUT2D eigenvalue weighted by Gasteiger charge is 2.18. The van der Waals surface area contributed by atoms with Crippen molar-refractivity contribution in [2.45, 2.75) is 52.1 Å². The molecule has 124 valence electrons. The fourth-order valence-corrected chi connectivity index (χ4v) is 1.92. The first-order valence-corrected chi connectivity index (χ1v) is 7.80. The molecular weight excluding hydrogens is 282 g/mol. The number of unbranched alkanes of at least 4 members (excludes halogenated alkanes) is 2. The molecule has 1 aromatic carbocycles. The van der Waals surface area contributed by atoms with Gasteiger partial charge in [0, 0.05) is 18.7 Å². The van der Waals surface area contributed by atoms with Crippen LogP contribution >= 0.6 is 0 Å². The van der Waals surface area contributed by atoms with Gasteiger partial charge in [0.05, 0.1) is 6.61 Å². The molecule has 0 aliphatic rings. The molecule has 0 unspecified atom stereocenters. The van der Waals surface area contributed by atoms with Crippen molar-refractivity contribution in [3.8, 4) is 5.75 Å². The summed E-state index contributed by atoms with van der Waals surface area (Å²) in [6.45, 7) is 6.46. The fraction of sp³-hybridized carbons (Fsp3) is 0.588. The predicted molar refractivity (Wildman–Crippen MR) is 87.3 cm³/mol. The lowest BCUT2D eigenvalue weighted by Crippen LogP contribution is -2.29. The molecule has 0 bridgehead atoms. The summed E-state index contributed by atoms with van der Waals surface area (Å²) in [7, 11) is 0. The minimum absolute atomic E-state index is 0.0799. The van der Waals surface area contributed by atoms with E-state index in [-0.39, 0.29) is 6.61 Å². The minimum atomic E-state index is -0.439. The van der Waals surface area contributed by atoms with Crippen LogP contribution in [0.25, 0.3) is 0 Å². The van der Waals surface area contributed by atoms with Crippen LogP contribution in [0.4, 0.5) is 10.5 Å². The molecule has 5 nitrogen and oxygen atoms in total. The lowest BCUT2D eigenvalue weighted by Gasteiger charge is -2.25. The smallest absolute Gasteiger partial charge is 0.411 e. The second-order valence-corrected chi connectivity index (χ2v) is 5.83. The van der Waals surface area contributed by atoms with Gasteiger partial charge in [0.2, 0.25) is 0 Å². The van der Waals surface area contributed by atoms with Gasteiger partial charge >= 0.3 is 6.09 Å². The van der Waals surface area contributed by atoms with Crippen LogP contribution in [0.2, 0.25) is 0 Å². The van der Waals surface area contributed by atoms with E-state index >= 15 is 0 Å². The summed E-state index contributed by atoms with van der Waals surface area (Å²) in [6.07, 6.45) is 3.15. The number of aliphatic hydroxyl groups excluding tert-OH is 1. The van der Waals surface area contributed by atoms with Gasteiger partial charge in [0.25, 0.3) is 0 Å². The van der Waals surface area contributed by atoms with Crippen LogP contribution in [-0.4, -0.2) is 30.0 Å². The van der Waals surface area contributed by atoms with E-state index in [1.165, 1.54) is 0 Å². The Morgan fingerprint density at radius 2 is 1.91 bits per heavy atom. The molecule has 1 amide bonds. The number of anilines is 1. The zero-order valence-corrected chi connectivity index (χ0v) is 13.7. The van der Waals surface area contributed by atoms with Crippen molar-refractivity contribution in [3.05, 3.63) is 24.3 Å². The number of hydrogen-bond acceptors (Lipinski definition) is 4.